The number of thiazole rings is 1. The third-order valence-electron chi connectivity index (χ3n) is 3.41. The van der Waals surface area contributed by atoms with Gasteiger partial charge in [-0.1, -0.05) is 6.07 Å². The van der Waals surface area contributed by atoms with Gasteiger partial charge in [0, 0.05) is 11.4 Å². The molecule has 0 radical (unpaired) electrons. The molecule has 2 aromatic rings. The van der Waals surface area contributed by atoms with Gasteiger partial charge in [-0.3, -0.25) is 4.79 Å². The van der Waals surface area contributed by atoms with E-state index in [1.807, 2.05) is 0 Å². The fourth-order valence-electron chi connectivity index (χ4n) is 2.17. The Bertz CT molecular complexity index is 856. The minimum atomic E-state index is -3.69. The Balaban J connectivity index is 1.72. The van der Waals surface area contributed by atoms with Crippen LogP contribution >= 0.6 is 11.3 Å². The first-order valence-electron chi connectivity index (χ1n) is 7.22. The van der Waals surface area contributed by atoms with Crippen LogP contribution in [-0.2, 0) is 20.4 Å². The lowest BCUT2D eigenvalue weighted by Gasteiger charge is -2.04. The molecule has 1 saturated carbocycles. The molecule has 128 valence electrons. The van der Waals surface area contributed by atoms with Crippen molar-refractivity contribution in [3.63, 3.8) is 0 Å². The second kappa shape index (κ2) is 6.56. The summed E-state index contributed by atoms with van der Waals surface area (Å²) in [4.78, 5) is 15.6. The molecule has 24 heavy (non-hydrogen) atoms. The van der Waals surface area contributed by atoms with Gasteiger partial charge in [-0.15, -0.1) is 11.3 Å². The number of aromatic nitrogens is 1. The molecule has 1 amide bonds. The quantitative estimate of drug-likeness (QED) is 0.844. The first kappa shape index (κ1) is 17.0. The summed E-state index contributed by atoms with van der Waals surface area (Å²) in [5.41, 5.74) is -0.243. The highest BCUT2D eigenvalue weighted by atomic mass is 32.2. The molecule has 1 aliphatic rings. The molecule has 1 aliphatic carbocycles. The SMILES string of the molecule is O=C(CS(=O)(=O)Cc1nc(-c2c(F)cccc2F)cs1)NC1CC1. The van der Waals surface area contributed by atoms with Crippen molar-refractivity contribution in [1.82, 2.24) is 10.3 Å². The summed E-state index contributed by atoms with van der Waals surface area (Å²) in [7, 11) is -3.69. The van der Waals surface area contributed by atoms with Crippen LogP contribution in [0.15, 0.2) is 23.6 Å². The van der Waals surface area contributed by atoms with Crippen molar-refractivity contribution < 1.29 is 22.0 Å². The van der Waals surface area contributed by atoms with Crippen molar-refractivity contribution >= 4 is 27.1 Å². The molecule has 3 rings (SSSR count). The first-order valence-corrected chi connectivity index (χ1v) is 9.93. The van der Waals surface area contributed by atoms with Gasteiger partial charge in [0.2, 0.25) is 5.91 Å². The predicted molar refractivity (Wildman–Crippen MR) is 86.1 cm³/mol. The average Bonchev–Trinajstić information content (AvgIpc) is 3.16. The molecule has 1 N–H and O–H groups in total. The molecule has 0 atom stereocenters. The number of amides is 1. The lowest BCUT2D eigenvalue weighted by Crippen LogP contribution is -2.32. The van der Waals surface area contributed by atoms with Crippen LogP contribution in [0.25, 0.3) is 11.3 Å². The van der Waals surface area contributed by atoms with Crippen LogP contribution in [0.3, 0.4) is 0 Å². The van der Waals surface area contributed by atoms with Gasteiger partial charge in [0.25, 0.3) is 0 Å². The zero-order valence-electron chi connectivity index (χ0n) is 12.5. The van der Waals surface area contributed by atoms with E-state index in [4.69, 9.17) is 0 Å². The Hall–Kier alpha value is -1.87. The highest BCUT2D eigenvalue weighted by Crippen LogP contribution is 2.28. The minimum Gasteiger partial charge on any atom is -0.352 e. The summed E-state index contributed by atoms with van der Waals surface area (Å²) in [6, 6.07) is 3.54. The van der Waals surface area contributed by atoms with E-state index in [0.717, 1.165) is 36.3 Å². The van der Waals surface area contributed by atoms with Crippen LogP contribution in [0.5, 0.6) is 0 Å². The Morgan fingerprint density at radius 2 is 1.96 bits per heavy atom. The van der Waals surface area contributed by atoms with Crippen molar-refractivity contribution in [2.75, 3.05) is 5.75 Å². The number of sulfone groups is 1. The molecule has 5 nitrogen and oxygen atoms in total. The zero-order valence-corrected chi connectivity index (χ0v) is 14.1. The highest BCUT2D eigenvalue weighted by molar-refractivity contribution is 7.91. The maximum Gasteiger partial charge on any atom is 0.235 e. The zero-order chi connectivity index (χ0) is 17.3. The van der Waals surface area contributed by atoms with E-state index in [1.54, 1.807) is 0 Å². The normalized spacial score (nSPS) is 14.6. The summed E-state index contributed by atoms with van der Waals surface area (Å²) >= 11 is 0.987. The fourth-order valence-corrected chi connectivity index (χ4v) is 4.58. The Morgan fingerprint density at radius 3 is 2.58 bits per heavy atom. The number of nitrogens with zero attached hydrogens (tertiary/aromatic N) is 1. The minimum absolute atomic E-state index is 0.0447. The molecule has 9 heteroatoms. The van der Waals surface area contributed by atoms with E-state index in [9.17, 15) is 22.0 Å². The predicted octanol–water partition coefficient (Wildman–Crippen LogP) is 2.28. The lowest BCUT2D eigenvalue weighted by atomic mass is 10.1. The third-order valence-corrected chi connectivity index (χ3v) is 5.85. The van der Waals surface area contributed by atoms with E-state index in [-0.39, 0.29) is 22.3 Å². The Morgan fingerprint density at radius 1 is 1.29 bits per heavy atom. The number of hydrogen-bond donors (Lipinski definition) is 1. The van der Waals surface area contributed by atoms with Crippen molar-refractivity contribution in [3.8, 4) is 11.3 Å². The second-order valence-electron chi connectivity index (χ2n) is 5.60. The summed E-state index contributed by atoms with van der Waals surface area (Å²) in [6.45, 7) is 0. The largest absolute Gasteiger partial charge is 0.352 e. The molecular formula is C15H14F2N2O3S2. The molecule has 0 bridgehead atoms. The molecule has 1 heterocycles. The average molecular weight is 372 g/mol. The number of benzene rings is 1. The third kappa shape index (κ3) is 4.15. The molecule has 0 spiro atoms. The van der Waals surface area contributed by atoms with Crippen LogP contribution in [-0.4, -0.2) is 31.1 Å². The van der Waals surface area contributed by atoms with Crippen LogP contribution < -0.4 is 5.32 Å². The van der Waals surface area contributed by atoms with Crippen molar-refractivity contribution in [3.05, 3.63) is 40.2 Å². The van der Waals surface area contributed by atoms with Gasteiger partial charge in [0.1, 0.15) is 28.1 Å². The topological polar surface area (TPSA) is 76.1 Å². The molecule has 0 saturated heterocycles. The van der Waals surface area contributed by atoms with E-state index in [1.165, 1.54) is 11.4 Å². The maximum absolute atomic E-state index is 13.7. The molecule has 1 aromatic carbocycles. The van der Waals surface area contributed by atoms with E-state index in [2.05, 4.69) is 10.3 Å². The molecule has 0 unspecified atom stereocenters. The number of halogens is 2. The monoisotopic (exact) mass is 372 g/mol. The van der Waals surface area contributed by atoms with Gasteiger partial charge in [0.05, 0.1) is 11.3 Å². The second-order valence-corrected chi connectivity index (χ2v) is 8.60. The summed E-state index contributed by atoms with van der Waals surface area (Å²) in [5, 5.41) is 4.19. The number of carbonyl (C=O) groups is 1. The van der Waals surface area contributed by atoms with Crippen LogP contribution in [0.1, 0.15) is 17.8 Å². The highest BCUT2D eigenvalue weighted by Gasteiger charge is 2.26. The van der Waals surface area contributed by atoms with Gasteiger partial charge in [-0.05, 0) is 25.0 Å². The molecule has 1 fully saturated rings. The maximum atomic E-state index is 13.7. The standard InChI is InChI=1S/C15H14F2N2O3S2/c16-10-2-1-3-11(17)15(10)12-6-23-14(19-12)8-24(21,22)7-13(20)18-9-4-5-9/h1-3,6,9H,4-5,7-8H2,(H,18,20). The van der Waals surface area contributed by atoms with Crippen molar-refractivity contribution in [2.45, 2.75) is 24.6 Å². The van der Waals surface area contributed by atoms with Crippen molar-refractivity contribution in [1.29, 1.82) is 0 Å². The summed E-state index contributed by atoms with van der Waals surface area (Å²) < 4.78 is 51.6. The van der Waals surface area contributed by atoms with Crippen LogP contribution in [0.4, 0.5) is 8.78 Å². The van der Waals surface area contributed by atoms with Crippen LogP contribution in [0, 0.1) is 11.6 Å². The Labute approximate surface area is 141 Å². The number of hydrogen-bond acceptors (Lipinski definition) is 5. The van der Waals surface area contributed by atoms with Crippen LogP contribution in [0.2, 0.25) is 0 Å². The molecule has 0 aliphatic heterocycles. The summed E-state index contributed by atoms with van der Waals surface area (Å²) in [6.07, 6.45) is 1.74. The van der Waals surface area contributed by atoms with Gasteiger partial charge in [-0.2, -0.15) is 0 Å². The van der Waals surface area contributed by atoms with Crippen molar-refractivity contribution in [2.24, 2.45) is 0 Å². The molecule has 1 aromatic heterocycles. The fraction of sp³-hybridized carbons (Fsp3) is 0.333. The smallest absolute Gasteiger partial charge is 0.235 e. The van der Waals surface area contributed by atoms with Gasteiger partial charge < -0.3 is 5.32 Å². The van der Waals surface area contributed by atoms with E-state index >= 15 is 0 Å². The van der Waals surface area contributed by atoms with E-state index in [0.29, 0.717) is 0 Å². The van der Waals surface area contributed by atoms with Gasteiger partial charge in [0.15, 0.2) is 9.84 Å². The number of carbonyl (C=O) groups excluding carboxylic acids is 1. The van der Waals surface area contributed by atoms with Gasteiger partial charge >= 0.3 is 0 Å². The lowest BCUT2D eigenvalue weighted by molar-refractivity contribution is -0.118. The van der Waals surface area contributed by atoms with E-state index < -0.39 is 38.9 Å². The molecular weight excluding hydrogens is 358 g/mol. The number of rotatable bonds is 6. The Kier molecular flexibility index (Phi) is 4.64. The number of nitrogens with one attached hydrogen (secondary N) is 1. The first-order chi connectivity index (χ1) is 11.3. The summed E-state index contributed by atoms with van der Waals surface area (Å²) in [5.74, 6) is -3.12. The van der Waals surface area contributed by atoms with Gasteiger partial charge in [-0.25, -0.2) is 22.2 Å².